The number of hydrogen-bond acceptors (Lipinski definition) is 5. The van der Waals surface area contributed by atoms with E-state index in [0.717, 1.165) is 4.57 Å². The number of hydrogen-bond donors (Lipinski definition) is 0. The molecule has 0 aliphatic carbocycles. The van der Waals surface area contributed by atoms with Crippen LogP contribution in [0.15, 0.2) is 42.1 Å². The Bertz CT molecular complexity index is 1150. The number of nitrogens with zero attached hydrogens (tertiary/aromatic N) is 2. The lowest BCUT2D eigenvalue weighted by Crippen LogP contribution is -2.41. The fourth-order valence-corrected chi connectivity index (χ4v) is 4.50. The number of rotatable bonds is 5. The molecule has 0 N–H and O–H groups in total. The van der Waals surface area contributed by atoms with Crippen molar-refractivity contribution in [3.8, 4) is 0 Å². The second-order valence-electron chi connectivity index (χ2n) is 5.57. The monoisotopic (exact) mass is 518 g/mol. The van der Waals surface area contributed by atoms with E-state index < -0.39 is 23.0 Å². The largest absolute Gasteiger partial charge is 0.465 e. The van der Waals surface area contributed by atoms with Crippen LogP contribution < -0.4 is 11.2 Å². The number of benzene rings is 1. The fraction of sp³-hybridized carbons (Fsp3) is 0.235. The van der Waals surface area contributed by atoms with Gasteiger partial charge in [-0.2, -0.15) is 0 Å². The molecule has 0 saturated heterocycles. The minimum atomic E-state index is -0.697. The first kappa shape index (κ1) is 20.0. The molecule has 0 unspecified atom stereocenters. The van der Waals surface area contributed by atoms with Gasteiger partial charge in [-0.1, -0.05) is 22.0 Å². The van der Waals surface area contributed by atoms with Crippen molar-refractivity contribution in [1.82, 2.24) is 9.13 Å². The Morgan fingerprint density at radius 2 is 1.96 bits per heavy atom. The molecule has 1 aromatic carbocycles. The Morgan fingerprint density at radius 1 is 1.22 bits per heavy atom. The van der Waals surface area contributed by atoms with Crippen LogP contribution in [0.4, 0.5) is 4.39 Å². The van der Waals surface area contributed by atoms with E-state index >= 15 is 0 Å². The van der Waals surface area contributed by atoms with Gasteiger partial charge in [-0.15, -0.1) is 11.3 Å². The highest BCUT2D eigenvalue weighted by molar-refractivity contribution is 9.11. The van der Waals surface area contributed by atoms with Gasteiger partial charge < -0.3 is 4.74 Å². The number of halogens is 3. The number of ether oxygens (including phenoxy) is 1. The smallest absolute Gasteiger partial charge is 0.332 e. The van der Waals surface area contributed by atoms with E-state index in [9.17, 15) is 18.8 Å². The van der Waals surface area contributed by atoms with E-state index in [4.69, 9.17) is 4.74 Å². The molecule has 10 heteroatoms. The van der Waals surface area contributed by atoms with Gasteiger partial charge in [0.05, 0.1) is 22.3 Å². The molecular formula is C17H13Br2FN2O4S. The molecule has 0 atom stereocenters. The van der Waals surface area contributed by atoms with Gasteiger partial charge in [-0.3, -0.25) is 18.7 Å². The summed E-state index contributed by atoms with van der Waals surface area (Å²) in [6.07, 6.45) is 0. The minimum absolute atomic E-state index is 0.175. The zero-order valence-electron chi connectivity index (χ0n) is 14.0. The maximum atomic E-state index is 14.2. The van der Waals surface area contributed by atoms with E-state index in [1.807, 2.05) is 0 Å². The number of carbonyl (C=O) groups excluding carboxylic acids is 1. The van der Waals surface area contributed by atoms with Crippen LogP contribution >= 0.6 is 43.2 Å². The summed E-state index contributed by atoms with van der Waals surface area (Å²) in [5, 5.41) is 0.272. The van der Waals surface area contributed by atoms with Crippen LogP contribution in [0.1, 0.15) is 12.5 Å². The number of aromatic nitrogens is 2. The van der Waals surface area contributed by atoms with Crippen LogP contribution in [0.25, 0.3) is 10.2 Å². The lowest BCUT2D eigenvalue weighted by atomic mass is 10.2. The summed E-state index contributed by atoms with van der Waals surface area (Å²) in [4.78, 5) is 38.0. The second kappa shape index (κ2) is 8.07. The molecular weight excluding hydrogens is 507 g/mol. The van der Waals surface area contributed by atoms with Crippen LogP contribution in [0.5, 0.6) is 0 Å². The van der Waals surface area contributed by atoms with Gasteiger partial charge in [0.25, 0.3) is 5.56 Å². The number of thiophene rings is 1. The average Bonchev–Trinajstić information content (AvgIpc) is 2.99. The van der Waals surface area contributed by atoms with Crippen molar-refractivity contribution in [2.24, 2.45) is 0 Å². The molecule has 2 aromatic heterocycles. The summed E-state index contributed by atoms with van der Waals surface area (Å²) in [5.41, 5.74) is -1.05. The number of fused-ring (bicyclic) bond motifs is 1. The normalized spacial score (nSPS) is 11.1. The Labute approximate surface area is 173 Å². The topological polar surface area (TPSA) is 70.3 Å². The molecule has 0 radical (unpaired) electrons. The third-order valence-corrected chi connectivity index (χ3v) is 5.96. The van der Waals surface area contributed by atoms with Crippen molar-refractivity contribution < 1.29 is 13.9 Å². The molecule has 0 aliphatic heterocycles. The first-order chi connectivity index (χ1) is 12.8. The first-order valence-corrected chi connectivity index (χ1v) is 10.2. The number of carbonyl (C=O) groups is 1. The first-order valence-electron chi connectivity index (χ1n) is 7.84. The van der Waals surface area contributed by atoms with Crippen molar-refractivity contribution in [2.75, 3.05) is 6.61 Å². The summed E-state index contributed by atoms with van der Waals surface area (Å²) in [7, 11) is 0. The van der Waals surface area contributed by atoms with E-state index in [-0.39, 0.29) is 30.6 Å². The maximum absolute atomic E-state index is 14.2. The average molecular weight is 520 g/mol. The van der Waals surface area contributed by atoms with Gasteiger partial charge in [0.2, 0.25) is 0 Å². The lowest BCUT2D eigenvalue weighted by Gasteiger charge is -2.12. The van der Waals surface area contributed by atoms with Gasteiger partial charge in [0, 0.05) is 10.0 Å². The van der Waals surface area contributed by atoms with E-state index in [0.29, 0.717) is 13.1 Å². The van der Waals surface area contributed by atoms with Crippen molar-refractivity contribution in [3.05, 3.63) is 64.7 Å². The summed E-state index contributed by atoms with van der Waals surface area (Å²) < 4.78 is 22.4. The zero-order valence-corrected chi connectivity index (χ0v) is 18.0. The minimum Gasteiger partial charge on any atom is -0.465 e. The Morgan fingerprint density at radius 3 is 2.63 bits per heavy atom. The molecule has 0 fully saturated rings. The highest BCUT2D eigenvalue weighted by Crippen LogP contribution is 2.27. The van der Waals surface area contributed by atoms with Crippen molar-refractivity contribution in [3.63, 3.8) is 0 Å². The van der Waals surface area contributed by atoms with Crippen molar-refractivity contribution >= 4 is 59.4 Å². The molecule has 2 heterocycles. The Kier molecular flexibility index (Phi) is 5.97. The van der Waals surface area contributed by atoms with Crippen LogP contribution in [-0.2, 0) is 22.6 Å². The van der Waals surface area contributed by atoms with Crippen molar-refractivity contribution in [2.45, 2.75) is 20.0 Å². The summed E-state index contributed by atoms with van der Waals surface area (Å²) in [5.74, 6) is -1.13. The van der Waals surface area contributed by atoms with Crippen molar-refractivity contribution in [1.29, 1.82) is 0 Å². The molecule has 3 aromatic rings. The Balaban J connectivity index is 2.19. The molecule has 142 valence electrons. The molecule has 27 heavy (non-hydrogen) atoms. The van der Waals surface area contributed by atoms with Crippen LogP contribution in [0.2, 0.25) is 0 Å². The molecule has 0 saturated carbocycles. The third-order valence-electron chi connectivity index (χ3n) is 3.80. The summed E-state index contributed by atoms with van der Waals surface area (Å²) in [6.45, 7) is 1.26. The SMILES string of the molecule is CCOC(=O)Cn1c(=O)n(Cc2ccc(Br)cc2F)c(=O)c2cc(Br)sc21. The maximum Gasteiger partial charge on any atom is 0.332 e. The lowest BCUT2D eigenvalue weighted by molar-refractivity contribution is -0.143. The molecule has 0 aliphatic rings. The van der Waals surface area contributed by atoms with Gasteiger partial charge in [-0.05, 0) is 41.1 Å². The highest BCUT2D eigenvalue weighted by atomic mass is 79.9. The van der Waals surface area contributed by atoms with Gasteiger partial charge in [-0.25, -0.2) is 9.18 Å². The quantitative estimate of drug-likeness (QED) is 0.484. The van der Waals surface area contributed by atoms with E-state index in [1.165, 1.54) is 28.0 Å². The zero-order chi connectivity index (χ0) is 19.7. The predicted molar refractivity (Wildman–Crippen MR) is 108 cm³/mol. The molecule has 6 nitrogen and oxygen atoms in total. The van der Waals surface area contributed by atoms with Crippen LogP contribution in [-0.4, -0.2) is 21.7 Å². The van der Waals surface area contributed by atoms with Gasteiger partial charge >= 0.3 is 11.7 Å². The standard InChI is InChI=1S/C17H13Br2FN2O4S/c1-2-26-14(23)8-22-16-11(6-13(19)27-16)15(24)21(17(22)25)7-9-3-4-10(18)5-12(9)20/h3-6H,2,7-8H2,1H3. The van der Waals surface area contributed by atoms with E-state index in [2.05, 4.69) is 31.9 Å². The summed E-state index contributed by atoms with van der Waals surface area (Å²) in [6, 6.07) is 5.96. The van der Waals surface area contributed by atoms with Gasteiger partial charge in [0.1, 0.15) is 17.2 Å². The molecule has 3 rings (SSSR count). The van der Waals surface area contributed by atoms with Crippen LogP contribution in [0.3, 0.4) is 0 Å². The van der Waals surface area contributed by atoms with Crippen LogP contribution in [0, 0.1) is 5.82 Å². The third kappa shape index (κ3) is 4.07. The molecule has 0 bridgehead atoms. The molecule has 0 amide bonds. The Hall–Kier alpha value is -1.78. The van der Waals surface area contributed by atoms with Gasteiger partial charge in [0.15, 0.2) is 0 Å². The summed E-state index contributed by atoms with van der Waals surface area (Å²) >= 11 is 7.63. The molecule has 0 spiro atoms. The predicted octanol–water partition coefficient (Wildman–Crippen LogP) is 3.50. The second-order valence-corrected chi connectivity index (χ2v) is 8.90. The van der Waals surface area contributed by atoms with E-state index in [1.54, 1.807) is 19.1 Å². The number of esters is 1. The fourth-order valence-electron chi connectivity index (χ4n) is 2.61. The highest BCUT2D eigenvalue weighted by Gasteiger charge is 2.19.